The van der Waals surface area contributed by atoms with E-state index in [4.69, 9.17) is 0 Å². The number of benzene rings is 2. The van der Waals surface area contributed by atoms with E-state index in [-0.39, 0.29) is 0 Å². The van der Waals surface area contributed by atoms with Crippen molar-refractivity contribution in [3.8, 4) is 0 Å². The molecule has 2 bridgehead atoms. The maximum absolute atomic E-state index is 12.3. The number of hydrogen-bond acceptors (Lipinski definition) is 4. The van der Waals surface area contributed by atoms with Gasteiger partial charge in [0.2, 0.25) is 0 Å². The highest BCUT2D eigenvalue weighted by atomic mass is 16.4. The van der Waals surface area contributed by atoms with E-state index in [0.717, 1.165) is 0 Å². The summed E-state index contributed by atoms with van der Waals surface area (Å²) in [7, 11) is 0. The van der Waals surface area contributed by atoms with E-state index in [0.29, 0.717) is 11.1 Å². The van der Waals surface area contributed by atoms with Crippen LogP contribution in [0.25, 0.3) is 0 Å². The fourth-order valence-electron chi connectivity index (χ4n) is 5.73. The van der Waals surface area contributed by atoms with Gasteiger partial charge in [-0.15, -0.1) is 0 Å². The van der Waals surface area contributed by atoms with Gasteiger partial charge in [-0.05, 0) is 23.0 Å². The van der Waals surface area contributed by atoms with Gasteiger partial charge in [0.1, 0.15) is 0 Å². The van der Waals surface area contributed by atoms with Gasteiger partial charge in [0.25, 0.3) is 0 Å². The molecule has 0 radical (unpaired) electrons. The molecule has 2 aromatic rings. The minimum absolute atomic E-state index is 0.520. The molecule has 8 nitrogen and oxygen atoms in total. The Morgan fingerprint density at radius 2 is 0.812 bits per heavy atom. The Labute approximate surface area is 182 Å². The van der Waals surface area contributed by atoms with Crippen LogP contribution < -0.4 is 0 Å². The number of rotatable bonds is 6. The third kappa shape index (κ3) is 3.15. The van der Waals surface area contributed by atoms with Crippen LogP contribution in [0.4, 0.5) is 0 Å². The molecule has 164 valence electrons. The summed E-state index contributed by atoms with van der Waals surface area (Å²) in [5.41, 5.74) is 0.228. The Morgan fingerprint density at radius 1 is 0.500 bits per heavy atom. The van der Waals surface area contributed by atoms with Gasteiger partial charge in [-0.1, -0.05) is 60.7 Å². The molecule has 3 aliphatic rings. The largest absolute Gasteiger partial charge is 0.481 e. The van der Waals surface area contributed by atoms with E-state index >= 15 is 0 Å². The van der Waals surface area contributed by atoms with Crippen LogP contribution in [0.1, 0.15) is 23.0 Å². The number of carboxylic acids is 4. The number of carbonyl (C=O) groups is 4. The fourth-order valence-corrected chi connectivity index (χ4v) is 5.73. The molecular weight excluding hydrogens is 416 g/mol. The van der Waals surface area contributed by atoms with E-state index in [1.165, 1.54) is 0 Å². The molecule has 0 amide bonds. The molecule has 0 heterocycles. The summed E-state index contributed by atoms with van der Waals surface area (Å²) >= 11 is 0. The molecular formula is C24H20O8. The highest BCUT2D eigenvalue weighted by Crippen LogP contribution is 2.63. The predicted octanol–water partition coefficient (Wildman–Crippen LogP) is 2.68. The van der Waals surface area contributed by atoms with Crippen molar-refractivity contribution in [3.63, 3.8) is 0 Å². The Morgan fingerprint density at radius 3 is 1.06 bits per heavy atom. The van der Waals surface area contributed by atoms with Gasteiger partial charge in [0.15, 0.2) is 0 Å². The standard InChI is InChI=1S/C24H20O8/c25-21(26)17-15-13(11-7-3-1-4-8-11)14(12-9-5-2-6-10-12)16(19(17)23(29)30)20(24(31)32)18(15)22(27)28/h1-10,13-17,19H,(H,25,26)(H,27,28)(H,29,30)(H,31,32). The van der Waals surface area contributed by atoms with Gasteiger partial charge in [0.05, 0.1) is 23.0 Å². The summed E-state index contributed by atoms with van der Waals surface area (Å²) in [4.78, 5) is 49.1. The van der Waals surface area contributed by atoms with E-state index in [1.807, 2.05) is 0 Å². The van der Waals surface area contributed by atoms with E-state index in [9.17, 15) is 39.6 Å². The second kappa shape index (κ2) is 7.96. The van der Waals surface area contributed by atoms with Crippen LogP contribution in [-0.2, 0) is 19.2 Å². The van der Waals surface area contributed by atoms with Gasteiger partial charge in [-0.2, -0.15) is 0 Å². The molecule has 6 atom stereocenters. The average Bonchev–Trinajstić information content (AvgIpc) is 2.77. The summed E-state index contributed by atoms with van der Waals surface area (Å²) in [6.07, 6.45) is 0. The molecule has 8 heteroatoms. The molecule has 32 heavy (non-hydrogen) atoms. The highest BCUT2D eigenvalue weighted by molar-refractivity contribution is 6.03. The lowest BCUT2D eigenvalue weighted by molar-refractivity contribution is -0.165. The molecule has 0 saturated heterocycles. The van der Waals surface area contributed by atoms with Crippen LogP contribution in [0, 0.1) is 23.7 Å². The van der Waals surface area contributed by atoms with Crippen molar-refractivity contribution in [2.45, 2.75) is 11.8 Å². The predicted molar refractivity (Wildman–Crippen MR) is 110 cm³/mol. The third-order valence-corrected chi connectivity index (χ3v) is 6.68. The summed E-state index contributed by atoms with van der Waals surface area (Å²) in [5, 5.41) is 39.9. The van der Waals surface area contributed by atoms with Gasteiger partial charge >= 0.3 is 23.9 Å². The van der Waals surface area contributed by atoms with Crippen LogP contribution in [0.15, 0.2) is 71.8 Å². The fraction of sp³-hybridized carbons (Fsp3) is 0.250. The van der Waals surface area contributed by atoms with Crippen molar-refractivity contribution in [1.82, 2.24) is 0 Å². The molecule has 1 saturated carbocycles. The number of fused-ring (bicyclic) bond motifs is 2. The molecule has 0 aromatic heterocycles. The Kier molecular flexibility index (Phi) is 5.30. The van der Waals surface area contributed by atoms with Gasteiger partial charge in [-0.25, -0.2) is 9.59 Å². The highest BCUT2D eigenvalue weighted by Gasteiger charge is 2.64. The molecule has 0 aliphatic heterocycles. The second-order valence-electron chi connectivity index (χ2n) is 8.09. The smallest absolute Gasteiger partial charge is 0.332 e. The van der Waals surface area contributed by atoms with E-state index < -0.39 is 70.5 Å². The lowest BCUT2D eigenvalue weighted by Gasteiger charge is -2.54. The van der Waals surface area contributed by atoms with Crippen LogP contribution >= 0.6 is 0 Å². The zero-order valence-electron chi connectivity index (χ0n) is 16.7. The zero-order valence-corrected chi connectivity index (χ0v) is 16.7. The average molecular weight is 436 g/mol. The van der Waals surface area contributed by atoms with Crippen LogP contribution in [0.2, 0.25) is 0 Å². The number of aliphatic carboxylic acids is 4. The summed E-state index contributed by atoms with van der Waals surface area (Å²) in [6, 6.07) is 17.4. The normalized spacial score (nSPS) is 28.9. The Hall–Kier alpha value is -3.94. The molecule has 3 aliphatic carbocycles. The molecule has 2 aromatic carbocycles. The first-order valence-corrected chi connectivity index (χ1v) is 10.0. The maximum Gasteiger partial charge on any atom is 0.332 e. The SMILES string of the molecule is O=C(O)C1=C(C(=O)O)C2C(C(=O)O)C(C(=O)O)C1C(c1ccccc1)C2c1ccccc1. The molecule has 6 unspecified atom stereocenters. The topological polar surface area (TPSA) is 149 Å². The lowest BCUT2D eigenvalue weighted by Crippen LogP contribution is -2.57. The maximum atomic E-state index is 12.3. The minimum atomic E-state index is -1.59. The lowest BCUT2D eigenvalue weighted by atomic mass is 9.46. The molecule has 0 spiro atoms. The first-order chi connectivity index (χ1) is 15.3. The van der Waals surface area contributed by atoms with Gasteiger partial charge in [0, 0.05) is 11.8 Å². The van der Waals surface area contributed by atoms with Crippen LogP contribution in [0.5, 0.6) is 0 Å². The zero-order chi connectivity index (χ0) is 23.2. The van der Waals surface area contributed by atoms with Crippen molar-refractivity contribution >= 4 is 23.9 Å². The van der Waals surface area contributed by atoms with E-state index in [2.05, 4.69) is 0 Å². The second-order valence-corrected chi connectivity index (χ2v) is 8.09. The summed E-state index contributed by atoms with van der Waals surface area (Å²) < 4.78 is 0. The van der Waals surface area contributed by atoms with Crippen molar-refractivity contribution in [1.29, 1.82) is 0 Å². The molecule has 5 rings (SSSR count). The molecule has 4 N–H and O–H groups in total. The summed E-state index contributed by atoms with van der Waals surface area (Å²) in [5.74, 6) is -13.3. The monoisotopic (exact) mass is 436 g/mol. The first-order valence-electron chi connectivity index (χ1n) is 10.0. The summed E-state index contributed by atoms with van der Waals surface area (Å²) in [6.45, 7) is 0. The minimum Gasteiger partial charge on any atom is -0.481 e. The van der Waals surface area contributed by atoms with Crippen molar-refractivity contribution in [2.24, 2.45) is 23.7 Å². The quantitative estimate of drug-likeness (QED) is 0.540. The van der Waals surface area contributed by atoms with Crippen LogP contribution in [-0.4, -0.2) is 44.3 Å². The van der Waals surface area contributed by atoms with Gasteiger partial charge < -0.3 is 20.4 Å². The van der Waals surface area contributed by atoms with Crippen molar-refractivity contribution in [2.75, 3.05) is 0 Å². The molecule has 1 fully saturated rings. The third-order valence-electron chi connectivity index (χ3n) is 6.68. The number of carboxylic acid groups (broad SMARTS) is 4. The Bertz CT molecular complexity index is 1030. The number of hydrogen-bond donors (Lipinski definition) is 4. The Balaban J connectivity index is 2.11. The van der Waals surface area contributed by atoms with Gasteiger partial charge in [-0.3, -0.25) is 9.59 Å². The first kappa shape index (κ1) is 21.3. The van der Waals surface area contributed by atoms with Crippen LogP contribution in [0.3, 0.4) is 0 Å². The van der Waals surface area contributed by atoms with Crippen molar-refractivity contribution < 1.29 is 39.6 Å². The van der Waals surface area contributed by atoms with Crippen molar-refractivity contribution in [3.05, 3.63) is 82.9 Å². The van der Waals surface area contributed by atoms with E-state index in [1.54, 1.807) is 60.7 Å².